The Morgan fingerprint density at radius 2 is 2.05 bits per heavy atom. The lowest BCUT2D eigenvalue weighted by atomic mass is 9.91. The second-order valence-electron chi connectivity index (χ2n) is 5.95. The molecule has 0 spiro atoms. The van der Waals surface area contributed by atoms with Crippen molar-refractivity contribution in [2.24, 2.45) is 0 Å². The van der Waals surface area contributed by atoms with Crippen LogP contribution in [-0.4, -0.2) is 11.5 Å². The number of nitrogens with one attached hydrogen (secondary N) is 1. The van der Waals surface area contributed by atoms with Crippen molar-refractivity contribution < 1.29 is 4.39 Å². The Bertz CT molecular complexity index is 632. The summed E-state index contributed by atoms with van der Waals surface area (Å²) in [6.07, 6.45) is 0. The maximum Gasteiger partial charge on any atom is 0.141 e. The third kappa shape index (κ3) is 3.82. The number of benzene rings is 1. The molecule has 1 heterocycles. The van der Waals surface area contributed by atoms with Crippen molar-refractivity contribution in [3.05, 3.63) is 39.6 Å². The third-order valence-corrected chi connectivity index (χ3v) is 4.50. The standard InChI is InChI=1S/C16H20ClFN2S/c1-5-19-9-13-14(16(2,3)4)20-15(21-13)10-6-7-12(18)11(17)8-10/h6-8,19H,5,9H2,1-4H3. The van der Waals surface area contributed by atoms with E-state index in [9.17, 15) is 4.39 Å². The van der Waals surface area contributed by atoms with Gasteiger partial charge in [0, 0.05) is 22.4 Å². The van der Waals surface area contributed by atoms with E-state index >= 15 is 0 Å². The van der Waals surface area contributed by atoms with E-state index in [4.69, 9.17) is 16.6 Å². The van der Waals surface area contributed by atoms with E-state index in [0.29, 0.717) is 0 Å². The molecule has 0 atom stereocenters. The van der Waals surface area contributed by atoms with Crippen molar-refractivity contribution in [2.45, 2.75) is 39.7 Å². The van der Waals surface area contributed by atoms with Crippen LogP contribution in [0.3, 0.4) is 0 Å². The summed E-state index contributed by atoms with van der Waals surface area (Å²) in [5, 5.41) is 4.36. The largest absolute Gasteiger partial charge is 0.312 e. The molecule has 2 rings (SSSR count). The van der Waals surface area contributed by atoms with Crippen molar-refractivity contribution in [3.8, 4) is 10.6 Å². The fraction of sp³-hybridized carbons (Fsp3) is 0.438. The van der Waals surface area contributed by atoms with Gasteiger partial charge in [-0.3, -0.25) is 0 Å². The highest BCUT2D eigenvalue weighted by atomic mass is 35.5. The highest BCUT2D eigenvalue weighted by Gasteiger charge is 2.23. The molecule has 0 unspecified atom stereocenters. The highest BCUT2D eigenvalue weighted by molar-refractivity contribution is 7.15. The summed E-state index contributed by atoms with van der Waals surface area (Å²) in [6, 6.07) is 4.75. The van der Waals surface area contributed by atoms with Gasteiger partial charge in [-0.25, -0.2) is 9.37 Å². The number of nitrogens with zero attached hydrogens (tertiary/aromatic N) is 1. The molecule has 0 saturated heterocycles. The molecular formula is C16H20ClFN2S. The second kappa shape index (κ2) is 6.42. The van der Waals surface area contributed by atoms with Gasteiger partial charge < -0.3 is 5.32 Å². The van der Waals surface area contributed by atoms with Crippen LogP contribution >= 0.6 is 22.9 Å². The molecule has 1 N–H and O–H groups in total. The molecule has 0 radical (unpaired) electrons. The zero-order chi connectivity index (χ0) is 15.6. The predicted octanol–water partition coefficient (Wildman–Crippen LogP) is 5.01. The van der Waals surface area contributed by atoms with Crippen LogP contribution in [0.2, 0.25) is 5.02 Å². The van der Waals surface area contributed by atoms with Gasteiger partial charge in [0.05, 0.1) is 10.7 Å². The fourth-order valence-electron chi connectivity index (χ4n) is 2.05. The first-order valence-corrected chi connectivity index (χ1v) is 8.18. The number of thiazole rings is 1. The Morgan fingerprint density at radius 3 is 2.62 bits per heavy atom. The summed E-state index contributed by atoms with van der Waals surface area (Å²) in [5.74, 6) is -0.402. The molecular weight excluding hydrogens is 307 g/mol. The van der Waals surface area contributed by atoms with E-state index in [-0.39, 0.29) is 10.4 Å². The molecule has 114 valence electrons. The van der Waals surface area contributed by atoms with E-state index in [1.807, 2.05) is 0 Å². The maximum absolute atomic E-state index is 13.3. The van der Waals surface area contributed by atoms with Crippen molar-refractivity contribution in [2.75, 3.05) is 6.54 Å². The molecule has 5 heteroatoms. The Hall–Kier alpha value is -0.970. The van der Waals surface area contributed by atoms with Gasteiger partial charge in [0.15, 0.2) is 0 Å². The third-order valence-electron chi connectivity index (χ3n) is 3.11. The van der Waals surface area contributed by atoms with Crippen LogP contribution in [0, 0.1) is 5.82 Å². The van der Waals surface area contributed by atoms with Crippen molar-refractivity contribution in [3.63, 3.8) is 0 Å². The van der Waals surface area contributed by atoms with Gasteiger partial charge in [-0.05, 0) is 24.7 Å². The van der Waals surface area contributed by atoms with Gasteiger partial charge in [-0.2, -0.15) is 0 Å². The average molecular weight is 327 g/mol. The van der Waals surface area contributed by atoms with Crippen molar-refractivity contribution in [1.29, 1.82) is 0 Å². The smallest absolute Gasteiger partial charge is 0.141 e. The van der Waals surface area contributed by atoms with Gasteiger partial charge in [0.25, 0.3) is 0 Å². The van der Waals surface area contributed by atoms with E-state index in [2.05, 4.69) is 33.0 Å². The Morgan fingerprint density at radius 1 is 1.33 bits per heavy atom. The molecule has 1 aromatic heterocycles. The molecule has 2 nitrogen and oxygen atoms in total. The van der Waals surface area contributed by atoms with Crippen LogP contribution in [0.5, 0.6) is 0 Å². The zero-order valence-corrected chi connectivity index (χ0v) is 14.3. The lowest BCUT2D eigenvalue weighted by Gasteiger charge is -2.17. The summed E-state index contributed by atoms with van der Waals surface area (Å²) in [5.41, 5.74) is 1.92. The number of aromatic nitrogens is 1. The Kier molecular flexibility index (Phi) is 5.02. The molecule has 0 aliphatic rings. The molecule has 0 fully saturated rings. The van der Waals surface area contributed by atoms with Crippen LogP contribution in [-0.2, 0) is 12.0 Å². The summed E-state index contributed by atoms with van der Waals surface area (Å²) < 4.78 is 13.3. The first-order chi connectivity index (χ1) is 9.82. The van der Waals surface area contributed by atoms with Crippen molar-refractivity contribution in [1.82, 2.24) is 10.3 Å². The first kappa shape index (κ1) is 16.4. The summed E-state index contributed by atoms with van der Waals surface area (Å²) in [6.45, 7) is 10.3. The fourth-order valence-corrected chi connectivity index (χ4v) is 3.47. The molecule has 0 amide bonds. The quantitative estimate of drug-likeness (QED) is 0.854. The van der Waals surface area contributed by atoms with Crippen molar-refractivity contribution >= 4 is 22.9 Å². The molecule has 0 saturated carbocycles. The second-order valence-corrected chi connectivity index (χ2v) is 7.44. The minimum Gasteiger partial charge on any atom is -0.312 e. The topological polar surface area (TPSA) is 24.9 Å². The van der Waals surface area contributed by atoms with Crippen LogP contribution in [0.1, 0.15) is 38.3 Å². The lowest BCUT2D eigenvalue weighted by molar-refractivity contribution is 0.561. The minimum atomic E-state index is -0.402. The van der Waals surface area contributed by atoms with E-state index in [1.54, 1.807) is 23.5 Å². The lowest BCUT2D eigenvalue weighted by Crippen LogP contribution is -2.18. The molecule has 0 aliphatic carbocycles. The highest BCUT2D eigenvalue weighted by Crippen LogP contribution is 2.35. The monoisotopic (exact) mass is 326 g/mol. The predicted molar refractivity (Wildman–Crippen MR) is 88.6 cm³/mol. The molecule has 21 heavy (non-hydrogen) atoms. The number of hydrogen-bond acceptors (Lipinski definition) is 3. The van der Waals surface area contributed by atoms with Gasteiger partial charge >= 0.3 is 0 Å². The summed E-state index contributed by atoms with van der Waals surface area (Å²) in [4.78, 5) is 5.99. The summed E-state index contributed by atoms with van der Waals surface area (Å²) in [7, 11) is 0. The normalized spacial score (nSPS) is 11.9. The number of halogens is 2. The van der Waals surface area contributed by atoms with Gasteiger partial charge in [-0.15, -0.1) is 11.3 Å². The summed E-state index contributed by atoms with van der Waals surface area (Å²) >= 11 is 7.51. The molecule has 0 bridgehead atoms. The van der Waals surface area contributed by atoms with Gasteiger partial charge in [0.2, 0.25) is 0 Å². The van der Waals surface area contributed by atoms with Crippen LogP contribution in [0.4, 0.5) is 4.39 Å². The van der Waals surface area contributed by atoms with E-state index in [0.717, 1.165) is 29.4 Å². The number of hydrogen-bond donors (Lipinski definition) is 1. The molecule has 2 aromatic rings. The van der Waals surface area contributed by atoms with Crippen LogP contribution in [0.15, 0.2) is 18.2 Å². The average Bonchev–Trinajstić information content (AvgIpc) is 2.83. The Balaban J connectivity index is 2.45. The Labute approximate surface area is 134 Å². The van der Waals surface area contributed by atoms with Gasteiger partial charge in [0.1, 0.15) is 10.8 Å². The zero-order valence-electron chi connectivity index (χ0n) is 12.8. The van der Waals surface area contributed by atoms with Gasteiger partial charge in [-0.1, -0.05) is 39.3 Å². The molecule has 0 aliphatic heterocycles. The number of rotatable bonds is 4. The van der Waals surface area contributed by atoms with Crippen LogP contribution in [0.25, 0.3) is 10.6 Å². The first-order valence-electron chi connectivity index (χ1n) is 6.99. The SMILES string of the molecule is CCNCc1sc(-c2ccc(F)c(Cl)c2)nc1C(C)(C)C. The molecule has 1 aromatic carbocycles. The van der Waals surface area contributed by atoms with Crippen LogP contribution < -0.4 is 5.32 Å². The minimum absolute atomic E-state index is 0.0245. The van der Waals surface area contributed by atoms with E-state index < -0.39 is 5.82 Å². The van der Waals surface area contributed by atoms with E-state index in [1.165, 1.54) is 10.9 Å². The maximum atomic E-state index is 13.3.